The maximum absolute atomic E-state index is 10.7. The maximum atomic E-state index is 10.7. The molecule has 0 aromatic rings. The van der Waals surface area contributed by atoms with Crippen molar-refractivity contribution in [1.29, 1.82) is 0 Å². The van der Waals surface area contributed by atoms with E-state index in [1.807, 2.05) is 13.0 Å². The summed E-state index contributed by atoms with van der Waals surface area (Å²) in [5, 5.41) is 0. The van der Waals surface area contributed by atoms with Gasteiger partial charge in [-0.3, -0.25) is 4.79 Å². The summed E-state index contributed by atoms with van der Waals surface area (Å²) < 4.78 is 5.03. The first-order valence-corrected chi connectivity index (χ1v) is 4.33. The van der Waals surface area contributed by atoms with Crippen LogP contribution >= 0.6 is 0 Å². The average Bonchev–Trinajstić information content (AvgIpc) is 2.03. The number of carbonyl (C=O) groups is 1. The van der Waals surface area contributed by atoms with Crippen LogP contribution in [0.2, 0.25) is 0 Å². The molecule has 2 atom stereocenters. The molecule has 0 unspecified atom stereocenters. The van der Waals surface area contributed by atoms with Crippen molar-refractivity contribution in [2.24, 2.45) is 5.92 Å². The fourth-order valence-corrected chi connectivity index (χ4v) is 1.05. The summed E-state index contributed by atoms with van der Waals surface area (Å²) >= 11 is 0. The predicted molar refractivity (Wildman–Crippen MR) is 53.0 cm³/mol. The van der Waals surface area contributed by atoms with E-state index in [4.69, 9.17) is 11.2 Å². The van der Waals surface area contributed by atoms with Gasteiger partial charge in [-0.05, 0) is 12.3 Å². The van der Waals surface area contributed by atoms with Crippen LogP contribution in [0.5, 0.6) is 0 Å². The molecule has 0 heterocycles. The molecule has 0 amide bonds. The Morgan fingerprint density at radius 3 is 2.77 bits per heavy atom. The predicted octanol–water partition coefficient (Wildman–Crippen LogP) is 2.15. The van der Waals surface area contributed by atoms with Crippen molar-refractivity contribution in [3.05, 3.63) is 12.7 Å². The fourth-order valence-electron chi connectivity index (χ4n) is 1.05. The summed E-state index contributed by atoms with van der Waals surface area (Å²) in [6, 6.07) is 0. The van der Waals surface area contributed by atoms with Crippen molar-refractivity contribution in [1.82, 2.24) is 0 Å². The number of allylic oxidation sites excluding steroid dienone is 1. The molecule has 0 radical (unpaired) electrons. The third kappa shape index (κ3) is 5.98. The minimum absolute atomic E-state index is 0.171. The van der Waals surface area contributed by atoms with Crippen LogP contribution < -0.4 is 0 Å². The van der Waals surface area contributed by atoms with E-state index in [0.29, 0.717) is 12.3 Å². The Hall–Kier alpha value is -1.23. The second kappa shape index (κ2) is 6.30. The molecule has 0 aromatic heterocycles. The zero-order chi connectivity index (χ0) is 10.3. The van der Waals surface area contributed by atoms with Gasteiger partial charge in [-0.1, -0.05) is 13.0 Å². The Kier molecular flexibility index (Phi) is 5.71. The molecular weight excluding hydrogens is 164 g/mol. The minimum Gasteiger partial charge on any atom is -0.462 e. The summed E-state index contributed by atoms with van der Waals surface area (Å²) in [6.07, 6.45) is 8.02. The van der Waals surface area contributed by atoms with Crippen LogP contribution in [0.3, 0.4) is 0 Å². The van der Waals surface area contributed by atoms with Crippen molar-refractivity contribution in [2.45, 2.75) is 32.8 Å². The first kappa shape index (κ1) is 11.8. The summed E-state index contributed by atoms with van der Waals surface area (Å²) in [5.74, 6) is 2.53. The lowest BCUT2D eigenvalue weighted by atomic mass is 10.0. The van der Waals surface area contributed by atoms with Crippen LogP contribution in [0.15, 0.2) is 12.7 Å². The first-order chi connectivity index (χ1) is 6.10. The van der Waals surface area contributed by atoms with E-state index in [9.17, 15) is 4.79 Å². The molecule has 2 heteroatoms. The first-order valence-electron chi connectivity index (χ1n) is 4.33. The van der Waals surface area contributed by atoms with E-state index in [-0.39, 0.29) is 12.1 Å². The summed E-state index contributed by atoms with van der Waals surface area (Å²) in [5.41, 5.74) is 0. The Morgan fingerprint density at radius 2 is 2.38 bits per heavy atom. The van der Waals surface area contributed by atoms with Crippen molar-refractivity contribution in [2.75, 3.05) is 0 Å². The Labute approximate surface area is 80.0 Å². The molecule has 0 aliphatic rings. The number of terminal acetylenes is 1. The van der Waals surface area contributed by atoms with E-state index < -0.39 is 0 Å². The van der Waals surface area contributed by atoms with E-state index >= 15 is 0 Å². The fraction of sp³-hybridized carbons (Fsp3) is 0.545. The van der Waals surface area contributed by atoms with Gasteiger partial charge in [0.2, 0.25) is 0 Å². The second-order valence-electron chi connectivity index (χ2n) is 3.09. The van der Waals surface area contributed by atoms with Crippen molar-refractivity contribution >= 4 is 5.97 Å². The number of hydrogen-bond acceptors (Lipinski definition) is 2. The van der Waals surface area contributed by atoms with Gasteiger partial charge in [-0.15, -0.1) is 18.9 Å². The van der Waals surface area contributed by atoms with Crippen LogP contribution in [-0.2, 0) is 9.53 Å². The molecule has 0 fully saturated rings. The van der Waals surface area contributed by atoms with E-state index in [2.05, 4.69) is 12.5 Å². The van der Waals surface area contributed by atoms with Crippen LogP contribution in [-0.4, -0.2) is 12.1 Å². The van der Waals surface area contributed by atoms with Gasteiger partial charge in [0.1, 0.15) is 6.10 Å². The van der Waals surface area contributed by atoms with Crippen molar-refractivity contribution in [3.8, 4) is 12.3 Å². The highest BCUT2D eigenvalue weighted by atomic mass is 16.5. The van der Waals surface area contributed by atoms with Crippen LogP contribution in [0.4, 0.5) is 0 Å². The molecule has 72 valence electrons. The largest absolute Gasteiger partial charge is 0.462 e. The summed E-state index contributed by atoms with van der Waals surface area (Å²) in [6.45, 7) is 7.07. The van der Waals surface area contributed by atoms with Crippen LogP contribution in [0, 0.1) is 18.3 Å². The number of esters is 1. The minimum atomic E-state index is -0.281. The van der Waals surface area contributed by atoms with Crippen LogP contribution in [0.1, 0.15) is 26.7 Å². The molecule has 0 aliphatic heterocycles. The SMILES string of the molecule is C#CC[C@H](C[C@H](C)C=C)OC(C)=O. The average molecular weight is 180 g/mol. The third-order valence-electron chi connectivity index (χ3n) is 1.72. The quantitative estimate of drug-likeness (QED) is 0.368. The summed E-state index contributed by atoms with van der Waals surface area (Å²) in [4.78, 5) is 10.7. The van der Waals surface area contributed by atoms with Gasteiger partial charge in [0.15, 0.2) is 0 Å². The zero-order valence-electron chi connectivity index (χ0n) is 8.25. The standard InChI is InChI=1S/C11H16O2/c1-5-7-11(13-10(4)12)8-9(3)6-2/h1,6,9,11H,2,7-8H2,3-4H3/t9-,11-/m1/s1. The lowest BCUT2D eigenvalue weighted by Crippen LogP contribution is -2.18. The van der Waals surface area contributed by atoms with Gasteiger partial charge in [-0.25, -0.2) is 0 Å². The lowest BCUT2D eigenvalue weighted by Gasteiger charge is -2.16. The Bertz CT molecular complexity index is 213. The maximum Gasteiger partial charge on any atom is 0.302 e. The molecule has 0 aliphatic carbocycles. The molecule has 0 aromatic carbocycles. The van der Waals surface area contributed by atoms with E-state index in [1.165, 1.54) is 6.92 Å². The smallest absolute Gasteiger partial charge is 0.302 e. The molecule has 13 heavy (non-hydrogen) atoms. The molecule has 2 nitrogen and oxygen atoms in total. The number of rotatable bonds is 5. The van der Waals surface area contributed by atoms with Gasteiger partial charge >= 0.3 is 5.97 Å². The molecular formula is C11H16O2. The van der Waals surface area contributed by atoms with Crippen LogP contribution in [0.25, 0.3) is 0 Å². The summed E-state index contributed by atoms with van der Waals surface area (Å²) in [7, 11) is 0. The highest BCUT2D eigenvalue weighted by molar-refractivity contribution is 5.66. The molecule has 0 spiro atoms. The number of carbonyl (C=O) groups excluding carboxylic acids is 1. The topological polar surface area (TPSA) is 26.3 Å². The zero-order valence-corrected chi connectivity index (χ0v) is 8.25. The molecule has 0 saturated carbocycles. The normalized spacial score (nSPS) is 13.9. The Balaban J connectivity index is 4.02. The lowest BCUT2D eigenvalue weighted by molar-refractivity contribution is -0.146. The molecule has 0 bridgehead atoms. The second-order valence-corrected chi connectivity index (χ2v) is 3.09. The highest BCUT2D eigenvalue weighted by Crippen LogP contribution is 2.12. The number of ether oxygens (including phenoxy) is 1. The number of hydrogen-bond donors (Lipinski definition) is 0. The molecule has 0 N–H and O–H groups in total. The van der Waals surface area contributed by atoms with Crippen molar-refractivity contribution in [3.63, 3.8) is 0 Å². The van der Waals surface area contributed by atoms with Gasteiger partial charge in [0.05, 0.1) is 0 Å². The molecule has 0 rings (SSSR count). The van der Waals surface area contributed by atoms with Gasteiger partial charge in [0.25, 0.3) is 0 Å². The van der Waals surface area contributed by atoms with Gasteiger partial charge in [-0.2, -0.15) is 0 Å². The highest BCUT2D eigenvalue weighted by Gasteiger charge is 2.12. The van der Waals surface area contributed by atoms with E-state index in [0.717, 1.165) is 6.42 Å². The molecule has 0 saturated heterocycles. The van der Waals surface area contributed by atoms with E-state index in [1.54, 1.807) is 0 Å². The van der Waals surface area contributed by atoms with Crippen molar-refractivity contribution < 1.29 is 9.53 Å². The third-order valence-corrected chi connectivity index (χ3v) is 1.72. The van der Waals surface area contributed by atoms with Gasteiger partial charge in [0, 0.05) is 13.3 Å². The Morgan fingerprint density at radius 1 is 1.77 bits per heavy atom. The monoisotopic (exact) mass is 180 g/mol. The van der Waals surface area contributed by atoms with Gasteiger partial charge < -0.3 is 4.74 Å².